The van der Waals surface area contributed by atoms with E-state index < -0.39 is 5.82 Å². The molecular formula is C20H21FN6O3. The van der Waals surface area contributed by atoms with Crippen LogP contribution in [0.15, 0.2) is 36.7 Å². The third-order valence-electron chi connectivity index (χ3n) is 4.80. The molecule has 1 aliphatic heterocycles. The van der Waals surface area contributed by atoms with E-state index in [0.717, 1.165) is 17.5 Å². The van der Waals surface area contributed by atoms with E-state index in [4.69, 9.17) is 9.47 Å². The van der Waals surface area contributed by atoms with Crippen molar-refractivity contribution in [3.63, 3.8) is 0 Å². The van der Waals surface area contributed by atoms with Gasteiger partial charge in [0, 0.05) is 30.9 Å². The van der Waals surface area contributed by atoms with Gasteiger partial charge in [0.2, 0.25) is 11.8 Å². The van der Waals surface area contributed by atoms with E-state index in [2.05, 4.69) is 25.6 Å². The lowest BCUT2D eigenvalue weighted by atomic mass is 10.1. The summed E-state index contributed by atoms with van der Waals surface area (Å²) in [7, 11) is 1.56. The summed E-state index contributed by atoms with van der Waals surface area (Å²) in [5.41, 5.74) is 2.78. The molecule has 0 spiro atoms. The van der Waals surface area contributed by atoms with Crippen LogP contribution in [0.2, 0.25) is 0 Å². The highest BCUT2D eigenvalue weighted by atomic mass is 19.1. The molecule has 0 saturated carbocycles. The second kappa shape index (κ2) is 8.95. The lowest BCUT2D eigenvalue weighted by molar-refractivity contribution is -0.120. The van der Waals surface area contributed by atoms with Crippen LogP contribution in [0.4, 0.5) is 4.39 Å². The summed E-state index contributed by atoms with van der Waals surface area (Å²) in [5, 5.41) is 11.5. The van der Waals surface area contributed by atoms with Gasteiger partial charge in [-0.2, -0.15) is 0 Å². The monoisotopic (exact) mass is 412 g/mol. The van der Waals surface area contributed by atoms with E-state index in [1.54, 1.807) is 18.0 Å². The Morgan fingerprint density at radius 3 is 3.07 bits per heavy atom. The molecule has 1 atom stereocenters. The van der Waals surface area contributed by atoms with Gasteiger partial charge in [-0.3, -0.25) is 9.78 Å². The summed E-state index contributed by atoms with van der Waals surface area (Å²) in [4.78, 5) is 20.3. The molecule has 3 aromatic rings. The molecule has 0 aliphatic carbocycles. The summed E-state index contributed by atoms with van der Waals surface area (Å²) in [6.07, 6.45) is 2.84. The average Bonchev–Trinajstić information content (AvgIpc) is 3.04. The first-order chi connectivity index (χ1) is 14.6. The van der Waals surface area contributed by atoms with Crippen molar-refractivity contribution in [2.45, 2.75) is 19.6 Å². The number of carbonyl (C=O) groups is 1. The molecule has 156 valence electrons. The quantitative estimate of drug-likeness (QED) is 0.652. The fraction of sp³-hybridized carbons (Fsp3) is 0.350. The van der Waals surface area contributed by atoms with Crippen LogP contribution in [0.1, 0.15) is 11.4 Å². The van der Waals surface area contributed by atoms with Crippen LogP contribution in [-0.2, 0) is 29.1 Å². The van der Waals surface area contributed by atoms with E-state index in [-0.39, 0.29) is 18.2 Å². The maximum Gasteiger partial charge on any atom is 0.226 e. The number of hydrogen-bond donors (Lipinski definition) is 1. The Morgan fingerprint density at radius 1 is 1.37 bits per heavy atom. The zero-order valence-electron chi connectivity index (χ0n) is 16.4. The fourth-order valence-corrected chi connectivity index (χ4v) is 3.30. The number of fused-ring (bicyclic) bond motifs is 1. The van der Waals surface area contributed by atoms with Gasteiger partial charge in [0.25, 0.3) is 0 Å². The van der Waals surface area contributed by atoms with Crippen LogP contribution in [0.25, 0.3) is 11.3 Å². The maximum absolute atomic E-state index is 12.9. The van der Waals surface area contributed by atoms with Gasteiger partial charge >= 0.3 is 0 Å². The second-order valence-electron chi connectivity index (χ2n) is 6.96. The van der Waals surface area contributed by atoms with Crippen LogP contribution in [0, 0.1) is 11.7 Å². The third-order valence-corrected chi connectivity index (χ3v) is 4.80. The largest absolute Gasteiger partial charge is 0.481 e. The maximum atomic E-state index is 12.9. The van der Waals surface area contributed by atoms with Crippen molar-refractivity contribution in [2.75, 3.05) is 20.3 Å². The lowest BCUT2D eigenvalue weighted by Crippen LogP contribution is -2.34. The van der Waals surface area contributed by atoms with Crippen molar-refractivity contribution >= 4 is 5.91 Å². The van der Waals surface area contributed by atoms with Crippen LogP contribution in [-0.4, -0.2) is 51.1 Å². The Balaban J connectivity index is 1.40. The highest BCUT2D eigenvalue weighted by Gasteiger charge is 2.24. The van der Waals surface area contributed by atoms with E-state index in [9.17, 15) is 9.18 Å². The molecular weight excluding hydrogens is 391 g/mol. The Bertz CT molecular complexity index is 1020. The summed E-state index contributed by atoms with van der Waals surface area (Å²) in [6.45, 7) is 1.80. The van der Waals surface area contributed by atoms with Crippen molar-refractivity contribution in [3.05, 3.63) is 53.9 Å². The van der Waals surface area contributed by atoms with Crippen molar-refractivity contribution in [3.8, 4) is 17.1 Å². The first-order valence-corrected chi connectivity index (χ1v) is 9.50. The van der Waals surface area contributed by atoms with Crippen LogP contribution in [0.3, 0.4) is 0 Å². The molecule has 1 N–H and O–H groups in total. The smallest absolute Gasteiger partial charge is 0.226 e. The third kappa shape index (κ3) is 4.43. The number of rotatable bonds is 6. The summed E-state index contributed by atoms with van der Waals surface area (Å²) in [6, 6.07) is 6.48. The molecule has 0 bridgehead atoms. The van der Waals surface area contributed by atoms with Gasteiger partial charge in [-0.1, -0.05) is 5.21 Å². The van der Waals surface area contributed by atoms with E-state index >= 15 is 0 Å². The van der Waals surface area contributed by atoms with E-state index in [1.807, 2.05) is 12.1 Å². The van der Waals surface area contributed by atoms with Crippen LogP contribution in [0.5, 0.6) is 5.88 Å². The number of pyridine rings is 2. The fourth-order valence-electron chi connectivity index (χ4n) is 3.30. The standard InChI is InChI=1S/C20H21FN6O3/c1-29-20-16(3-2-6-22-20)19-17-12-30-11-13(10-27(17)26-25-19)8-24-18(28)7-15-5-4-14(21)9-23-15/h2-6,9,13H,7-8,10-12H2,1H3,(H,24,28). The first kappa shape index (κ1) is 19.9. The normalized spacial score (nSPS) is 15.9. The van der Waals surface area contributed by atoms with Crippen molar-refractivity contribution in [1.82, 2.24) is 30.3 Å². The van der Waals surface area contributed by atoms with Gasteiger partial charge in [-0.05, 0) is 24.3 Å². The number of nitrogens with one attached hydrogen (secondary N) is 1. The number of hydrogen-bond acceptors (Lipinski definition) is 7. The predicted octanol–water partition coefficient (Wildman–Crippen LogP) is 1.39. The second-order valence-corrected chi connectivity index (χ2v) is 6.96. The highest BCUT2D eigenvalue weighted by Crippen LogP contribution is 2.30. The zero-order valence-corrected chi connectivity index (χ0v) is 16.4. The number of amides is 1. The molecule has 9 nitrogen and oxygen atoms in total. The van der Waals surface area contributed by atoms with Gasteiger partial charge in [0.05, 0.1) is 44.2 Å². The van der Waals surface area contributed by atoms with Crippen molar-refractivity contribution in [1.29, 1.82) is 0 Å². The van der Waals surface area contributed by atoms with Gasteiger partial charge < -0.3 is 14.8 Å². The predicted molar refractivity (Wildman–Crippen MR) is 104 cm³/mol. The molecule has 4 heterocycles. The number of aromatic nitrogens is 5. The van der Waals surface area contributed by atoms with Gasteiger partial charge in [-0.25, -0.2) is 14.1 Å². The minimum absolute atomic E-state index is 0.0294. The molecule has 1 aliphatic rings. The van der Waals surface area contributed by atoms with E-state index in [1.165, 1.54) is 12.1 Å². The number of carbonyl (C=O) groups excluding carboxylic acids is 1. The number of halogens is 1. The minimum atomic E-state index is -0.429. The summed E-state index contributed by atoms with van der Waals surface area (Å²) in [5.74, 6) is -0.107. The molecule has 10 heteroatoms. The first-order valence-electron chi connectivity index (χ1n) is 9.50. The Hall–Kier alpha value is -3.40. The van der Waals surface area contributed by atoms with Crippen molar-refractivity contribution in [2.24, 2.45) is 5.92 Å². The Morgan fingerprint density at radius 2 is 2.27 bits per heavy atom. The van der Waals surface area contributed by atoms with Gasteiger partial charge in [0.15, 0.2) is 0 Å². The molecule has 0 fully saturated rings. The van der Waals surface area contributed by atoms with Crippen molar-refractivity contribution < 1.29 is 18.7 Å². The number of nitrogens with zero attached hydrogens (tertiary/aromatic N) is 5. The van der Waals surface area contributed by atoms with E-state index in [0.29, 0.717) is 43.6 Å². The molecule has 0 saturated heterocycles. The zero-order chi connectivity index (χ0) is 20.9. The highest BCUT2D eigenvalue weighted by molar-refractivity contribution is 5.78. The molecule has 30 heavy (non-hydrogen) atoms. The van der Waals surface area contributed by atoms with Crippen LogP contribution < -0.4 is 10.1 Å². The molecule has 1 amide bonds. The number of ether oxygens (including phenoxy) is 2. The molecule has 3 aromatic heterocycles. The molecule has 4 rings (SSSR count). The molecule has 0 radical (unpaired) electrons. The average molecular weight is 412 g/mol. The lowest BCUT2D eigenvalue weighted by Gasteiger charge is -2.14. The molecule has 1 unspecified atom stereocenters. The number of methoxy groups -OCH3 is 1. The Labute approximate surface area is 172 Å². The van der Waals surface area contributed by atoms with Gasteiger partial charge in [-0.15, -0.1) is 5.10 Å². The summed E-state index contributed by atoms with van der Waals surface area (Å²) >= 11 is 0. The van der Waals surface area contributed by atoms with Crippen LogP contribution >= 0.6 is 0 Å². The summed E-state index contributed by atoms with van der Waals surface area (Å²) < 4.78 is 25.9. The topological polar surface area (TPSA) is 104 Å². The minimum Gasteiger partial charge on any atom is -0.481 e. The Kier molecular flexibility index (Phi) is 5.94. The SMILES string of the molecule is COc1ncccc1-c1nnn2c1COCC(CNC(=O)Cc1ccc(F)cn1)C2. The van der Waals surface area contributed by atoms with Gasteiger partial charge in [0.1, 0.15) is 11.5 Å². The molecule has 0 aromatic carbocycles.